The molecule has 2 N–H and O–H groups in total. The Morgan fingerprint density at radius 2 is 2.25 bits per heavy atom. The minimum atomic E-state index is 0.522. The molecule has 86 valence electrons. The van der Waals surface area contributed by atoms with Crippen LogP contribution in [0.3, 0.4) is 0 Å². The van der Waals surface area contributed by atoms with Crippen LogP contribution >= 0.6 is 11.6 Å². The Bertz CT molecular complexity index is 386. The summed E-state index contributed by atoms with van der Waals surface area (Å²) in [4.78, 5) is 0. The van der Waals surface area contributed by atoms with Crippen molar-refractivity contribution in [2.75, 3.05) is 13.2 Å². The van der Waals surface area contributed by atoms with Crippen LogP contribution in [0.15, 0.2) is 24.3 Å². The molecule has 1 aliphatic rings. The van der Waals surface area contributed by atoms with E-state index in [4.69, 9.17) is 22.1 Å². The maximum atomic E-state index is 6.12. The first-order valence-electron chi connectivity index (χ1n) is 5.59. The second-order valence-corrected chi connectivity index (χ2v) is 4.46. The number of hydrogen-bond donors (Lipinski definition) is 1. The highest BCUT2D eigenvalue weighted by Crippen LogP contribution is 2.34. The summed E-state index contributed by atoms with van der Waals surface area (Å²) in [7, 11) is 0. The molecule has 0 aromatic heterocycles. The molecule has 0 bridgehead atoms. The summed E-state index contributed by atoms with van der Waals surface area (Å²) in [6.45, 7) is 1.29. The van der Waals surface area contributed by atoms with Crippen LogP contribution in [0.1, 0.15) is 18.4 Å². The van der Waals surface area contributed by atoms with Gasteiger partial charge in [0.15, 0.2) is 0 Å². The molecule has 3 heteroatoms. The van der Waals surface area contributed by atoms with Gasteiger partial charge in [0, 0.05) is 12.1 Å². The zero-order chi connectivity index (χ0) is 11.4. The van der Waals surface area contributed by atoms with Gasteiger partial charge in [-0.05, 0) is 24.8 Å². The van der Waals surface area contributed by atoms with Crippen LogP contribution in [0.2, 0.25) is 5.02 Å². The number of para-hydroxylation sites is 1. The van der Waals surface area contributed by atoms with Gasteiger partial charge in [0.25, 0.3) is 0 Å². The SMILES string of the molecule is NC/C=C/c1cccc(Cl)c1OCC1CC1. The fraction of sp³-hybridized carbons (Fsp3) is 0.385. The fourth-order valence-electron chi connectivity index (χ4n) is 1.49. The molecule has 1 aromatic carbocycles. The minimum Gasteiger partial charge on any atom is -0.491 e. The van der Waals surface area contributed by atoms with Crippen molar-refractivity contribution >= 4 is 17.7 Å². The van der Waals surface area contributed by atoms with Crippen molar-refractivity contribution in [3.8, 4) is 5.75 Å². The standard InChI is InChI=1S/C13H16ClNO/c14-12-5-1-3-11(4-2-8-15)13(12)16-9-10-6-7-10/h1-5,10H,6-9,15H2/b4-2+. The third-order valence-corrected chi connectivity index (χ3v) is 2.89. The lowest BCUT2D eigenvalue weighted by Gasteiger charge is -2.10. The number of rotatable bonds is 5. The first kappa shape index (κ1) is 11.5. The van der Waals surface area contributed by atoms with E-state index in [1.807, 2.05) is 30.4 Å². The van der Waals surface area contributed by atoms with E-state index in [0.717, 1.165) is 23.8 Å². The van der Waals surface area contributed by atoms with Gasteiger partial charge in [-0.3, -0.25) is 0 Å². The molecule has 1 aliphatic carbocycles. The maximum absolute atomic E-state index is 6.12. The van der Waals surface area contributed by atoms with Crippen molar-refractivity contribution in [2.24, 2.45) is 11.7 Å². The summed E-state index contributed by atoms with van der Waals surface area (Å²) in [5.41, 5.74) is 6.43. The molecule has 0 atom stereocenters. The van der Waals surface area contributed by atoms with Crippen LogP contribution in [-0.4, -0.2) is 13.2 Å². The van der Waals surface area contributed by atoms with Gasteiger partial charge in [0.05, 0.1) is 11.6 Å². The van der Waals surface area contributed by atoms with E-state index in [0.29, 0.717) is 11.6 Å². The Balaban J connectivity index is 2.13. The van der Waals surface area contributed by atoms with E-state index >= 15 is 0 Å². The van der Waals surface area contributed by atoms with Crippen LogP contribution in [0.4, 0.5) is 0 Å². The predicted octanol–water partition coefficient (Wildman–Crippen LogP) is 3.10. The molecule has 1 fully saturated rings. The van der Waals surface area contributed by atoms with Gasteiger partial charge in [-0.1, -0.05) is 35.9 Å². The molecule has 0 saturated heterocycles. The average Bonchev–Trinajstić information content (AvgIpc) is 3.09. The smallest absolute Gasteiger partial charge is 0.145 e. The fourth-order valence-corrected chi connectivity index (χ4v) is 1.73. The highest BCUT2D eigenvalue weighted by Gasteiger charge is 2.22. The molecular formula is C13H16ClNO. The Morgan fingerprint density at radius 3 is 2.94 bits per heavy atom. The zero-order valence-corrected chi connectivity index (χ0v) is 9.91. The number of ether oxygens (including phenoxy) is 1. The second-order valence-electron chi connectivity index (χ2n) is 4.05. The number of benzene rings is 1. The van der Waals surface area contributed by atoms with Crippen LogP contribution in [0, 0.1) is 5.92 Å². The highest BCUT2D eigenvalue weighted by molar-refractivity contribution is 6.32. The van der Waals surface area contributed by atoms with Gasteiger partial charge in [-0.25, -0.2) is 0 Å². The van der Waals surface area contributed by atoms with Crippen molar-refractivity contribution in [3.05, 3.63) is 34.9 Å². The third-order valence-electron chi connectivity index (χ3n) is 2.59. The van der Waals surface area contributed by atoms with Crippen LogP contribution in [0.25, 0.3) is 6.08 Å². The Labute approximate surface area is 101 Å². The summed E-state index contributed by atoms with van der Waals surface area (Å²) in [5.74, 6) is 1.50. The lowest BCUT2D eigenvalue weighted by atomic mass is 10.2. The molecule has 2 nitrogen and oxygen atoms in total. The van der Waals surface area contributed by atoms with Gasteiger partial charge < -0.3 is 10.5 Å². The van der Waals surface area contributed by atoms with Crippen molar-refractivity contribution in [3.63, 3.8) is 0 Å². The zero-order valence-electron chi connectivity index (χ0n) is 9.16. The first-order valence-corrected chi connectivity index (χ1v) is 5.97. The summed E-state index contributed by atoms with van der Waals surface area (Å²) in [6, 6.07) is 5.76. The largest absolute Gasteiger partial charge is 0.491 e. The van der Waals surface area contributed by atoms with Gasteiger partial charge in [0.2, 0.25) is 0 Å². The molecule has 0 aliphatic heterocycles. The number of nitrogens with two attached hydrogens (primary N) is 1. The van der Waals surface area contributed by atoms with Crippen molar-refractivity contribution in [1.82, 2.24) is 0 Å². The molecular weight excluding hydrogens is 222 g/mol. The molecule has 0 amide bonds. The molecule has 1 aromatic rings. The van der Waals surface area contributed by atoms with Crippen LogP contribution in [-0.2, 0) is 0 Å². The predicted molar refractivity (Wildman–Crippen MR) is 67.8 cm³/mol. The van der Waals surface area contributed by atoms with Gasteiger partial charge >= 0.3 is 0 Å². The molecule has 16 heavy (non-hydrogen) atoms. The molecule has 2 rings (SSSR count). The first-order chi connectivity index (χ1) is 7.81. The van der Waals surface area contributed by atoms with Gasteiger partial charge in [-0.15, -0.1) is 0 Å². The quantitative estimate of drug-likeness (QED) is 0.854. The summed E-state index contributed by atoms with van der Waals surface area (Å²) >= 11 is 6.12. The van der Waals surface area contributed by atoms with E-state index < -0.39 is 0 Å². The molecule has 1 saturated carbocycles. The van der Waals surface area contributed by atoms with E-state index in [-0.39, 0.29) is 0 Å². The topological polar surface area (TPSA) is 35.2 Å². The van der Waals surface area contributed by atoms with Crippen LogP contribution < -0.4 is 10.5 Å². The van der Waals surface area contributed by atoms with E-state index in [1.54, 1.807) is 0 Å². The van der Waals surface area contributed by atoms with E-state index in [9.17, 15) is 0 Å². The van der Waals surface area contributed by atoms with Crippen molar-refractivity contribution in [1.29, 1.82) is 0 Å². The minimum absolute atomic E-state index is 0.522. The van der Waals surface area contributed by atoms with Gasteiger partial charge in [-0.2, -0.15) is 0 Å². The highest BCUT2D eigenvalue weighted by atomic mass is 35.5. The monoisotopic (exact) mass is 237 g/mol. The number of hydrogen-bond acceptors (Lipinski definition) is 2. The summed E-state index contributed by atoms with van der Waals surface area (Å²) in [6.07, 6.45) is 6.40. The summed E-state index contributed by atoms with van der Waals surface area (Å²) in [5, 5.41) is 0.667. The summed E-state index contributed by atoms with van der Waals surface area (Å²) < 4.78 is 5.76. The van der Waals surface area contributed by atoms with Crippen LogP contribution in [0.5, 0.6) is 5.75 Å². The second kappa shape index (κ2) is 5.37. The Kier molecular flexibility index (Phi) is 3.86. The third kappa shape index (κ3) is 3.00. The number of halogens is 1. The van der Waals surface area contributed by atoms with Crippen molar-refractivity contribution in [2.45, 2.75) is 12.8 Å². The van der Waals surface area contributed by atoms with Crippen molar-refractivity contribution < 1.29 is 4.74 Å². The molecule has 0 radical (unpaired) electrons. The van der Waals surface area contributed by atoms with E-state index in [2.05, 4.69) is 0 Å². The van der Waals surface area contributed by atoms with E-state index in [1.165, 1.54) is 12.8 Å². The average molecular weight is 238 g/mol. The molecule has 0 unspecified atom stereocenters. The molecule has 0 spiro atoms. The lowest BCUT2D eigenvalue weighted by Crippen LogP contribution is -2.01. The Morgan fingerprint density at radius 1 is 1.44 bits per heavy atom. The normalized spacial score (nSPS) is 15.6. The maximum Gasteiger partial charge on any atom is 0.145 e. The lowest BCUT2D eigenvalue weighted by molar-refractivity contribution is 0.299. The molecule has 0 heterocycles. The van der Waals surface area contributed by atoms with Gasteiger partial charge in [0.1, 0.15) is 5.75 Å². The Hall–Kier alpha value is -0.990.